The molecule has 4 aromatic rings. The molecule has 0 unspecified atom stereocenters. The van der Waals surface area contributed by atoms with Gasteiger partial charge in [-0.05, 0) is 60.7 Å². The van der Waals surface area contributed by atoms with E-state index in [0.29, 0.717) is 5.71 Å². The van der Waals surface area contributed by atoms with Crippen molar-refractivity contribution in [3.8, 4) is 11.1 Å². The van der Waals surface area contributed by atoms with Crippen molar-refractivity contribution in [2.45, 2.75) is 26.2 Å². The largest absolute Gasteiger partial charge is 0.411 e. The third kappa shape index (κ3) is 3.59. The summed E-state index contributed by atoms with van der Waals surface area (Å²) in [6.07, 6.45) is 6.92. The van der Waals surface area contributed by atoms with Crippen LogP contribution in [-0.4, -0.2) is 25.9 Å². The molecule has 4 rings (SSSR count). The van der Waals surface area contributed by atoms with Crippen LogP contribution in [0.5, 0.6) is 0 Å². The van der Waals surface area contributed by atoms with E-state index in [2.05, 4.69) is 69.5 Å². The second kappa shape index (κ2) is 8.48. The van der Waals surface area contributed by atoms with E-state index in [0.717, 1.165) is 39.1 Å². The summed E-state index contributed by atoms with van der Waals surface area (Å²) < 4.78 is 0. The number of hydrogen-bond donors (Lipinski definition) is 1. The van der Waals surface area contributed by atoms with Gasteiger partial charge in [0.1, 0.15) is 6.33 Å². The average molecular weight is 409 g/mol. The second-order valence-corrected chi connectivity index (χ2v) is 7.64. The normalized spacial score (nSPS) is 13.6. The maximum Gasteiger partial charge on any atom is 0.115 e. The van der Waals surface area contributed by atoms with Gasteiger partial charge < -0.3 is 5.21 Å². The number of hydrogen-bond acceptors (Lipinski definition) is 5. The molecule has 0 bridgehead atoms. The van der Waals surface area contributed by atoms with Crippen LogP contribution in [0.2, 0.25) is 0 Å². The molecule has 0 fully saturated rings. The first-order chi connectivity index (χ1) is 15.1. The fraction of sp³-hybridized carbons (Fsp3) is 0.154. The van der Waals surface area contributed by atoms with Gasteiger partial charge in [-0.3, -0.25) is 4.98 Å². The standard InChI is InChI=1S/C26H24N4O/c1-18-6-4-5-7-25(18)26(20(3)30-31,24-12-13-29-19(2)14-24)23-10-8-21(9-11-23)22-15-27-17-28-16-22/h4-17,31H,1-3H3/b30-20-/t26-/m0/s1. The minimum Gasteiger partial charge on any atom is -0.411 e. The van der Waals surface area contributed by atoms with Crippen LogP contribution >= 0.6 is 0 Å². The Bertz CT molecular complexity index is 1220. The van der Waals surface area contributed by atoms with E-state index in [1.807, 2.05) is 32.0 Å². The van der Waals surface area contributed by atoms with Crippen molar-refractivity contribution in [3.63, 3.8) is 0 Å². The number of oxime groups is 1. The summed E-state index contributed by atoms with van der Waals surface area (Å²) in [5, 5.41) is 13.7. The maximum atomic E-state index is 10.0. The minimum absolute atomic E-state index is 0.586. The average Bonchev–Trinajstić information content (AvgIpc) is 2.81. The lowest BCUT2D eigenvalue weighted by Gasteiger charge is -2.36. The Labute approximate surface area is 182 Å². The molecule has 5 nitrogen and oxygen atoms in total. The zero-order valence-corrected chi connectivity index (χ0v) is 17.8. The quantitative estimate of drug-likeness (QED) is 0.275. The van der Waals surface area contributed by atoms with E-state index < -0.39 is 5.41 Å². The molecule has 154 valence electrons. The van der Waals surface area contributed by atoms with E-state index in [4.69, 9.17) is 0 Å². The van der Waals surface area contributed by atoms with Crippen LogP contribution in [0.4, 0.5) is 0 Å². The molecule has 0 aliphatic rings. The van der Waals surface area contributed by atoms with Crippen LogP contribution in [0.25, 0.3) is 11.1 Å². The van der Waals surface area contributed by atoms with Crippen LogP contribution in [0.15, 0.2) is 90.7 Å². The predicted molar refractivity (Wildman–Crippen MR) is 122 cm³/mol. The molecule has 5 heteroatoms. The number of rotatable bonds is 5. The monoisotopic (exact) mass is 408 g/mol. The molecule has 0 saturated carbocycles. The van der Waals surface area contributed by atoms with Gasteiger partial charge in [0.2, 0.25) is 0 Å². The smallest absolute Gasteiger partial charge is 0.115 e. The van der Waals surface area contributed by atoms with E-state index in [-0.39, 0.29) is 0 Å². The molecular weight excluding hydrogens is 384 g/mol. The highest BCUT2D eigenvalue weighted by Gasteiger charge is 2.41. The molecule has 0 aliphatic carbocycles. The first-order valence-electron chi connectivity index (χ1n) is 10.1. The van der Waals surface area contributed by atoms with Gasteiger partial charge in [-0.15, -0.1) is 0 Å². The van der Waals surface area contributed by atoms with Crippen molar-refractivity contribution in [2.75, 3.05) is 0 Å². The molecule has 0 radical (unpaired) electrons. The highest BCUT2D eigenvalue weighted by Crippen LogP contribution is 2.42. The van der Waals surface area contributed by atoms with Crippen molar-refractivity contribution in [3.05, 3.63) is 114 Å². The van der Waals surface area contributed by atoms with Crippen molar-refractivity contribution in [1.82, 2.24) is 15.0 Å². The van der Waals surface area contributed by atoms with Crippen molar-refractivity contribution < 1.29 is 5.21 Å². The maximum absolute atomic E-state index is 10.0. The van der Waals surface area contributed by atoms with E-state index >= 15 is 0 Å². The summed E-state index contributed by atoms with van der Waals surface area (Å²) in [5.41, 5.74) is 6.87. The molecule has 0 aliphatic heterocycles. The number of aromatic nitrogens is 3. The summed E-state index contributed by atoms with van der Waals surface area (Å²) in [4.78, 5) is 12.6. The highest BCUT2D eigenvalue weighted by molar-refractivity contribution is 6.00. The lowest BCUT2D eigenvalue weighted by Crippen LogP contribution is -2.38. The van der Waals surface area contributed by atoms with Gasteiger partial charge in [-0.1, -0.05) is 53.7 Å². The van der Waals surface area contributed by atoms with Crippen molar-refractivity contribution in [1.29, 1.82) is 0 Å². The zero-order chi connectivity index (χ0) is 21.8. The Kier molecular flexibility index (Phi) is 5.58. The fourth-order valence-corrected chi connectivity index (χ4v) is 4.30. The molecule has 2 aromatic heterocycles. The molecule has 0 saturated heterocycles. The Hall–Kier alpha value is -3.86. The molecule has 0 spiro atoms. The predicted octanol–water partition coefficient (Wildman–Crippen LogP) is 5.34. The number of nitrogens with zero attached hydrogens (tertiary/aromatic N) is 4. The van der Waals surface area contributed by atoms with E-state index in [1.165, 1.54) is 6.33 Å². The van der Waals surface area contributed by atoms with Gasteiger partial charge in [0.25, 0.3) is 0 Å². The summed E-state index contributed by atoms with van der Waals surface area (Å²) in [7, 11) is 0. The summed E-state index contributed by atoms with van der Waals surface area (Å²) in [5.74, 6) is 0. The molecule has 31 heavy (non-hydrogen) atoms. The Morgan fingerprint density at radius 2 is 1.58 bits per heavy atom. The first-order valence-corrected chi connectivity index (χ1v) is 10.1. The van der Waals surface area contributed by atoms with Crippen LogP contribution in [0.1, 0.15) is 34.9 Å². The van der Waals surface area contributed by atoms with Crippen LogP contribution in [0, 0.1) is 13.8 Å². The Morgan fingerprint density at radius 1 is 0.871 bits per heavy atom. The first kappa shape index (κ1) is 20.4. The van der Waals surface area contributed by atoms with Gasteiger partial charge in [-0.2, -0.15) is 0 Å². The Morgan fingerprint density at radius 3 is 2.23 bits per heavy atom. The summed E-state index contributed by atoms with van der Waals surface area (Å²) in [6.45, 7) is 5.91. The SMILES string of the molecule is C/C(=N/O)[C@](c1ccc(-c2cncnc2)cc1)(c1ccnc(C)c1)c1ccccc1C. The second-order valence-electron chi connectivity index (χ2n) is 7.64. The van der Waals surface area contributed by atoms with Crippen LogP contribution < -0.4 is 0 Å². The molecule has 0 amide bonds. The van der Waals surface area contributed by atoms with Gasteiger partial charge in [0.05, 0.1) is 11.1 Å². The summed E-state index contributed by atoms with van der Waals surface area (Å²) in [6, 6.07) is 20.5. The van der Waals surface area contributed by atoms with E-state index in [9.17, 15) is 5.21 Å². The third-order valence-corrected chi connectivity index (χ3v) is 5.78. The number of aryl methyl sites for hydroxylation is 2. The highest BCUT2D eigenvalue weighted by atomic mass is 16.4. The van der Waals surface area contributed by atoms with Crippen molar-refractivity contribution in [2.24, 2.45) is 5.16 Å². The fourth-order valence-electron chi connectivity index (χ4n) is 4.30. The van der Waals surface area contributed by atoms with E-state index in [1.54, 1.807) is 18.6 Å². The van der Waals surface area contributed by atoms with Gasteiger partial charge >= 0.3 is 0 Å². The van der Waals surface area contributed by atoms with Crippen molar-refractivity contribution >= 4 is 5.71 Å². The number of benzene rings is 2. The molecule has 2 heterocycles. The summed E-state index contributed by atoms with van der Waals surface area (Å²) >= 11 is 0. The zero-order valence-electron chi connectivity index (χ0n) is 17.8. The topological polar surface area (TPSA) is 71.3 Å². The molecular formula is C26H24N4O. The van der Waals surface area contributed by atoms with Crippen LogP contribution in [0.3, 0.4) is 0 Å². The van der Waals surface area contributed by atoms with Gasteiger partial charge in [0.15, 0.2) is 0 Å². The minimum atomic E-state index is -0.764. The number of pyridine rings is 1. The van der Waals surface area contributed by atoms with Crippen LogP contribution in [-0.2, 0) is 5.41 Å². The van der Waals surface area contributed by atoms with Gasteiger partial charge in [0, 0.05) is 29.8 Å². The Balaban J connectivity index is 2.02. The molecule has 2 aromatic carbocycles. The molecule has 1 atom stereocenters. The molecule has 1 N–H and O–H groups in total. The third-order valence-electron chi connectivity index (χ3n) is 5.78. The lowest BCUT2D eigenvalue weighted by atomic mass is 9.65. The van der Waals surface area contributed by atoms with Gasteiger partial charge in [-0.25, -0.2) is 9.97 Å². The lowest BCUT2D eigenvalue weighted by molar-refractivity contribution is 0.315.